The molecule has 0 unspecified atom stereocenters. The van der Waals surface area contributed by atoms with Crippen molar-refractivity contribution in [1.82, 2.24) is 0 Å². The Kier molecular flexibility index (Phi) is 25.1. The summed E-state index contributed by atoms with van der Waals surface area (Å²) < 4.78 is 0. The predicted octanol–water partition coefficient (Wildman–Crippen LogP) is 14.2. The van der Waals surface area contributed by atoms with E-state index in [1.54, 1.807) is 0 Å². The molecule has 0 aromatic heterocycles. The fourth-order valence-electron chi connectivity index (χ4n) is 6.24. The van der Waals surface area contributed by atoms with Crippen LogP contribution in [-0.2, 0) is 42.2 Å². The second-order valence-corrected chi connectivity index (χ2v) is 13.4. The number of benzene rings is 2. The fraction of sp³-hybridized carbons (Fsp3) is 0.674. The molecule has 2 nitrogen and oxygen atoms in total. The van der Waals surface area contributed by atoms with E-state index in [9.17, 15) is 0 Å². The van der Waals surface area contributed by atoms with Gasteiger partial charge in [0.05, 0.1) is 22.8 Å². The first-order valence-electron chi connectivity index (χ1n) is 19.5. The van der Waals surface area contributed by atoms with E-state index in [-0.39, 0.29) is 16.5 Å². The molecule has 2 aromatic rings. The Morgan fingerprint density at radius 2 is 0.717 bits per heavy atom. The maximum Gasteiger partial charge on any atom is 0.0636 e. The summed E-state index contributed by atoms with van der Waals surface area (Å²) in [6, 6.07) is 14.2. The van der Waals surface area contributed by atoms with Crippen LogP contribution in [0.2, 0.25) is 0 Å². The summed E-state index contributed by atoms with van der Waals surface area (Å²) in [4.78, 5) is 10.9. The molecule has 0 aliphatic rings. The van der Waals surface area contributed by atoms with E-state index in [1.165, 1.54) is 156 Å². The van der Waals surface area contributed by atoms with Gasteiger partial charge in [0, 0.05) is 16.5 Å². The zero-order chi connectivity index (χ0) is 32.5. The van der Waals surface area contributed by atoms with Crippen LogP contribution < -0.4 is 0 Å². The van der Waals surface area contributed by atoms with Gasteiger partial charge < -0.3 is 0 Å². The van der Waals surface area contributed by atoms with Crippen molar-refractivity contribution in [2.24, 2.45) is 9.98 Å². The predicted molar refractivity (Wildman–Crippen MR) is 204 cm³/mol. The van der Waals surface area contributed by atoms with Gasteiger partial charge in [0.1, 0.15) is 0 Å². The summed E-state index contributed by atoms with van der Waals surface area (Å²) in [5.74, 6) is 0. The monoisotopic (exact) mass is 672 g/mol. The largest absolute Gasteiger partial charge is 0.252 e. The first kappa shape index (κ1) is 42.3. The smallest absolute Gasteiger partial charge is 0.0636 e. The fourth-order valence-corrected chi connectivity index (χ4v) is 6.24. The van der Waals surface area contributed by atoms with Gasteiger partial charge in [0.2, 0.25) is 0 Å². The molecule has 262 valence electrons. The maximum atomic E-state index is 5.47. The standard InChI is InChI=1S/C43H70N2.Ni/c1-7-13-19-20-21-23-29-43(45-41-33-31-37(25-16-10-4)39(35-41)27-18-12-6)42(28-22-14-8-2)44-40-32-30-36(24-15-9-3)38(34-40)26-17-11-5;/h30-35H,7-29H2,1-6H3;. The third-order valence-corrected chi connectivity index (χ3v) is 9.22. The van der Waals surface area contributed by atoms with Gasteiger partial charge in [-0.05, 0) is 124 Å². The van der Waals surface area contributed by atoms with Crippen LogP contribution >= 0.6 is 0 Å². The van der Waals surface area contributed by atoms with Crippen LogP contribution in [0.3, 0.4) is 0 Å². The number of hydrogen-bond donors (Lipinski definition) is 0. The van der Waals surface area contributed by atoms with E-state index < -0.39 is 0 Å². The molecule has 0 bridgehead atoms. The van der Waals surface area contributed by atoms with Crippen LogP contribution in [0.15, 0.2) is 46.4 Å². The Morgan fingerprint density at radius 1 is 0.391 bits per heavy atom. The van der Waals surface area contributed by atoms with Crippen LogP contribution in [0.5, 0.6) is 0 Å². The molecule has 0 fully saturated rings. The number of nitrogens with zero attached hydrogens (tertiary/aromatic N) is 2. The zero-order valence-electron chi connectivity index (χ0n) is 30.9. The van der Waals surface area contributed by atoms with Gasteiger partial charge in [-0.15, -0.1) is 0 Å². The van der Waals surface area contributed by atoms with E-state index in [0.717, 1.165) is 37.1 Å². The molecule has 0 heterocycles. The molecular weight excluding hydrogens is 603 g/mol. The quantitative estimate of drug-likeness (QED) is 0.0539. The van der Waals surface area contributed by atoms with Gasteiger partial charge in [0.25, 0.3) is 0 Å². The normalized spacial score (nSPS) is 12.0. The summed E-state index contributed by atoms with van der Waals surface area (Å²) in [6.45, 7) is 13.8. The van der Waals surface area contributed by atoms with Crippen molar-refractivity contribution in [3.05, 3.63) is 58.7 Å². The molecule has 0 N–H and O–H groups in total. The van der Waals surface area contributed by atoms with Gasteiger partial charge in [-0.2, -0.15) is 0 Å². The van der Waals surface area contributed by atoms with E-state index in [2.05, 4.69) is 77.9 Å². The SMILES string of the molecule is CCCCCCCCC(=Nc1ccc(CCCC)c(CCCC)c1)C(CCCCC)=Nc1ccc(CCCC)c(CCCC)c1.[Ni]. The summed E-state index contributed by atoms with van der Waals surface area (Å²) in [6.07, 6.45) is 28.2. The summed E-state index contributed by atoms with van der Waals surface area (Å²) in [7, 11) is 0. The molecule has 0 saturated heterocycles. The number of aliphatic imine (C=N–C) groups is 2. The van der Waals surface area contributed by atoms with Crippen molar-refractivity contribution < 1.29 is 16.5 Å². The first-order valence-corrected chi connectivity index (χ1v) is 19.5. The van der Waals surface area contributed by atoms with Gasteiger partial charge in [0.15, 0.2) is 0 Å². The van der Waals surface area contributed by atoms with Crippen molar-refractivity contribution in [2.45, 2.75) is 189 Å². The van der Waals surface area contributed by atoms with E-state index >= 15 is 0 Å². The maximum absolute atomic E-state index is 5.47. The summed E-state index contributed by atoms with van der Waals surface area (Å²) in [5.41, 5.74) is 10.8. The third-order valence-electron chi connectivity index (χ3n) is 9.22. The summed E-state index contributed by atoms with van der Waals surface area (Å²) >= 11 is 0. The Labute approximate surface area is 296 Å². The van der Waals surface area contributed by atoms with Gasteiger partial charge >= 0.3 is 0 Å². The van der Waals surface area contributed by atoms with Crippen LogP contribution in [0.25, 0.3) is 0 Å². The van der Waals surface area contributed by atoms with Crippen LogP contribution in [-0.4, -0.2) is 11.4 Å². The Balaban J connectivity index is 0.0000106. The van der Waals surface area contributed by atoms with E-state index in [1.807, 2.05) is 0 Å². The minimum atomic E-state index is 0. The van der Waals surface area contributed by atoms with Crippen molar-refractivity contribution in [3.63, 3.8) is 0 Å². The molecule has 0 atom stereocenters. The molecule has 0 spiro atoms. The van der Waals surface area contributed by atoms with Crippen molar-refractivity contribution in [1.29, 1.82) is 0 Å². The zero-order valence-corrected chi connectivity index (χ0v) is 31.9. The second-order valence-electron chi connectivity index (χ2n) is 13.4. The third kappa shape index (κ3) is 16.9. The van der Waals surface area contributed by atoms with Crippen molar-refractivity contribution in [2.75, 3.05) is 0 Å². The number of aryl methyl sites for hydroxylation is 4. The molecule has 0 radical (unpaired) electrons. The van der Waals surface area contributed by atoms with Gasteiger partial charge in [-0.25, -0.2) is 0 Å². The molecule has 0 saturated carbocycles. The molecule has 0 aliphatic heterocycles. The van der Waals surface area contributed by atoms with Crippen LogP contribution in [0.1, 0.15) is 186 Å². The van der Waals surface area contributed by atoms with Gasteiger partial charge in [-0.1, -0.05) is 124 Å². The number of hydrogen-bond acceptors (Lipinski definition) is 2. The Bertz CT molecular complexity index is 1120. The molecular formula is C43H70N2Ni. The van der Waals surface area contributed by atoms with Crippen LogP contribution in [0.4, 0.5) is 11.4 Å². The Hall–Kier alpha value is -1.73. The molecule has 46 heavy (non-hydrogen) atoms. The minimum Gasteiger partial charge on any atom is -0.252 e. The number of rotatable bonds is 26. The summed E-state index contributed by atoms with van der Waals surface area (Å²) in [5, 5.41) is 0. The average molecular weight is 674 g/mol. The average Bonchev–Trinajstić information content (AvgIpc) is 3.06. The molecule has 0 aliphatic carbocycles. The topological polar surface area (TPSA) is 24.7 Å². The molecule has 3 heteroatoms. The molecule has 0 amide bonds. The minimum absolute atomic E-state index is 0. The van der Waals surface area contributed by atoms with Crippen LogP contribution in [0, 0.1) is 0 Å². The van der Waals surface area contributed by atoms with E-state index in [0.29, 0.717) is 0 Å². The van der Waals surface area contributed by atoms with Crippen molar-refractivity contribution in [3.8, 4) is 0 Å². The van der Waals surface area contributed by atoms with E-state index in [4.69, 9.17) is 9.98 Å². The Morgan fingerprint density at radius 3 is 1.13 bits per heavy atom. The number of unbranched alkanes of at least 4 members (excludes halogenated alkanes) is 11. The first-order chi connectivity index (χ1) is 22.1. The molecule has 2 rings (SSSR count). The van der Waals surface area contributed by atoms with Gasteiger partial charge in [-0.3, -0.25) is 9.98 Å². The van der Waals surface area contributed by atoms with Crippen molar-refractivity contribution >= 4 is 22.8 Å². The second kappa shape index (κ2) is 27.2. The molecule has 2 aromatic carbocycles.